The largest absolute Gasteiger partial charge is 0.399 e. The van der Waals surface area contributed by atoms with Crippen molar-refractivity contribution in [3.05, 3.63) is 23.8 Å². The molecule has 0 aliphatic carbocycles. The molecule has 0 spiro atoms. The van der Waals surface area contributed by atoms with Gasteiger partial charge in [0.15, 0.2) is 0 Å². The number of nitrogens with zero attached hydrogens (tertiary/aromatic N) is 1. The molecule has 1 aromatic carbocycles. The van der Waals surface area contributed by atoms with Crippen molar-refractivity contribution in [3.63, 3.8) is 0 Å². The van der Waals surface area contributed by atoms with E-state index in [1.54, 1.807) is 0 Å². The fourth-order valence-electron chi connectivity index (χ4n) is 2.12. The minimum atomic E-state index is 0.299. The zero-order chi connectivity index (χ0) is 11.5. The molecule has 1 atom stereocenters. The van der Waals surface area contributed by atoms with Gasteiger partial charge < -0.3 is 16.2 Å². The molecule has 0 amide bonds. The van der Waals surface area contributed by atoms with Crippen molar-refractivity contribution >= 4 is 11.4 Å². The molecule has 4 heteroatoms. The molecular weight excluding hydrogens is 202 g/mol. The summed E-state index contributed by atoms with van der Waals surface area (Å²) in [6.07, 6.45) is 0. The van der Waals surface area contributed by atoms with Crippen molar-refractivity contribution < 1.29 is 4.74 Å². The average molecular weight is 221 g/mol. The number of nitrogen functional groups attached to an aromatic ring is 2. The number of ether oxygens (including phenoxy) is 1. The van der Waals surface area contributed by atoms with E-state index in [0.717, 1.165) is 43.2 Å². The molecule has 4 nitrogen and oxygen atoms in total. The molecule has 0 aromatic heterocycles. The summed E-state index contributed by atoms with van der Waals surface area (Å²) in [5.41, 5.74) is 14.5. The molecule has 4 N–H and O–H groups in total. The number of hydrogen-bond donors (Lipinski definition) is 2. The lowest BCUT2D eigenvalue weighted by Crippen LogP contribution is -2.38. The lowest BCUT2D eigenvalue weighted by molar-refractivity contribution is 0.0200. The maximum Gasteiger partial charge on any atom is 0.0594 e. The van der Waals surface area contributed by atoms with Crippen molar-refractivity contribution in [1.82, 2.24) is 4.90 Å². The van der Waals surface area contributed by atoms with Crippen LogP contribution in [0.5, 0.6) is 0 Å². The quantitative estimate of drug-likeness (QED) is 0.738. The van der Waals surface area contributed by atoms with Crippen LogP contribution in [-0.2, 0) is 4.74 Å². The van der Waals surface area contributed by atoms with Crippen molar-refractivity contribution in [2.24, 2.45) is 0 Å². The van der Waals surface area contributed by atoms with Crippen LogP contribution in [0.15, 0.2) is 18.2 Å². The average Bonchev–Trinajstić information content (AvgIpc) is 2.32. The van der Waals surface area contributed by atoms with E-state index in [4.69, 9.17) is 16.2 Å². The van der Waals surface area contributed by atoms with Crippen LogP contribution in [-0.4, -0.2) is 31.2 Å². The molecule has 1 aromatic rings. The molecule has 1 saturated heterocycles. The van der Waals surface area contributed by atoms with E-state index in [9.17, 15) is 0 Å². The number of nitrogens with two attached hydrogens (primary N) is 2. The van der Waals surface area contributed by atoms with Crippen molar-refractivity contribution in [3.8, 4) is 0 Å². The van der Waals surface area contributed by atoms with Gasteiger partial charge >= 0.3 is 0 Å². The lowest BCUT2D eigenvalue weighted by atomic mass is 10.0. The van der Waals surface area contributed by atoms with Crippen LogP contribution in [0, 0.1) is 0 Å². The number of morpholine rings is 1. The SMILES string of the molecule is CC(c1cc(N)ccc1N)N1CCOCC1. The fraction of sp³-hybridized carbons (Fsp3) is 0.500. The maximum absolute atomic E-state index is 5.98. The molecular formula is C12H19N3O. The topological polar surface area (TPSA) is 64.5 Å². The van der Waals surface area contributed by atoms with Gasteiger partial charge in [-0.1, -0.05) is 0 Å². The van der Waals surface area contributed by atoms with E-state index in [1.165, 1.54) is 0 Å². The molecule has 0 bridgehead atoms. The van der Waals surface area contributed by atoms with Crippen LogP contribution in [0.2, 0.25) is 0 Å². The molecule has 0 radical (unpaired) electrons. The molecule has 0 saturated carbocycles. The molecule has 88 valence electrons. The second-order valence-corrected chi connectivity index (χ2v) is 4.21. The number of rotatable bonds is 2. The molecule has 16 heavy (non-hydrogen) atoms. The molecule has 1 aliphatic rings. The van der Waals surface area contributed by atoms with Gasteiger partial charge in [0.25, 0.3) is 0 Å². The highest BCUT2D eigenvalue weighted by Gasteiger charge is 2.20. The van der Waals surface area contributed by atoms with Crippen molar-refractivity contribution in [1.29, 1.82) is 0 Å². The van der Waals surface area contributed by atoms with E-state index in [1.807, 2.05) is 18.2 Å². The predicted molar refractivity (Wildman–Crippen MR) is 66.1 cm³/mol. The summed E-state index contributed by atoms with van der Waals surface area (Å²) in [5, 5.41) is 0. The van der Waals surface area contributed by atoms with Gasteiger partial charge in [-0.3, -0.25) is 4.90 Å². The van der Waals surface area contributed by atoms with Crippen LogP contribution in [0.4, 0.5) is 11.4 Å². The summed E-state index contributed by atoms with van der Waals surface area (Å²) >= 11 is 0. The summed E-state index contributed by atoms with van der Waals surface area (Å²) < 4.78 is 5.34. The smallest absolute Gasteiger partial charge is 0.0594 e. The van der Waals surface area contributed by atoms with Gasteiger partial charge in [-0.15, -0.1) is 0 Å². The summed E-state index contributed by atoms with van der Waals surface area (Å²) in [4.78, 5) is 2.37. The highest BCUT2D eigenvalue weighted by molar-refractivity contribution is 5.56. The second-order valence-electron chi connectivity index (χ2n) is 4.21. The minimum absolute atomic E-state index is 0.299. The first-order valence-corrected chi connectivity index (χ1v) is 5.65. The third-order valence-corrected chi connectivity index (χ3v) is 3.15. The number of anilines is 2. The van der Waals surface area contributed by atoms with Gasteiger partial charge in [0.05, 0.1) is 13.2 Å². The Bertz CT molecular complexity index is 361. The summed E-state index contributed by atoms with van der Waals surface area (Å²) in [6, 6.07) is 5.98. The van der Waals surface area contributed by atoms with Crippen LogP contribution in [0.25, 0.3) is 0 Å². The van der Waals surface area contributed by atoms with E-state index in [2.05, 4.69) is 11.8 Å². The fourth-order valence-corrected chi connectivity index (χ4v) is 2.12. The standard InChI is InChI=1S/C12H19N3O/c1-9(15-4-6-16-7-5-15)11-8-10(13)2-3-12(11)14/h2-3,8-9H,4-7,13-14H2,1H3. The minimum Gasteiger partial charge on any atom is -0.399 e. The number of benzene rings is 1. The third-order valence-electron chi connectivity index (χ3n) is 3.15. The first-order chi connectivity index (χ1) is 7.68. The first-order valence-electron chi connectivity index (χ1n) is 5.65. The Morgan fingerprint density at radius 1 is 1.25 bits per heavy atom. The van der Waals surface area contributed by atoms with Crippen LogP contribution in [0.1, 0.15) is 18.5 Å². The van der Waals surface area contributed by atoms with Crippen molar-refractivity contribution in [2.45, 2.75) is 13.0 Å². The Kier molecular flexibility index (Phi) is 3.31. The predicted octanol–water partition coefficient (Wildman–Crippen LogP) is 1.24. The Balaban J connectivity index is 2.18. The maximum atomic E-state index is 5.98. The zero-order valence-electron chi connectivity index (χ0n) is 9.65. The Morgan fingerprint density at radius 3 is 2.62 bits per heavy atom. The first kappa shape index (κ1) is 11.2. The molecule has 2 rings (SSSR count). The van der Waals surface area contributed by atoms with Crippen LogP contribution < -0.4 is 11.5 Å². The van der Waals surface area contributed by atoms with E-state index < -0.39 is 0 Å². The van der Waals surface area contributed by atoms with Gasteiger partial charge in [-0.05, 0) is 30.7 Å². The number of hydrogen-bond acceptors (Lipinski definition) is 4. The van der Waals surface area contributed by atoms with E-state index >= 15 is 0 Å². The second kappa shape index (κ2) is 4.72. The third kappa shape index (κ3) is 2.28. The van der Waals surface area contributed by atoms with Crippen molar-refractivity contribution in [2.75, 3.05) is 37.8 Å². The zero-order valence-corrected chi connectivity index (χ0v) is 9.65. The summed E-state index contributed by atoms with van der Waals surface area (Å²) in [5.74, 6) is 0. The van der Waals surface area contributed by atoms with E-state index in [0.29, 0.717) is 6.04 Å². The Morgan fingerprint density at radius 2 is 1.94 bits per heavy atom. The molecule has 1 aliphatic heterocycles. The lowest BCUT2D eigenvalue weighted by Gasteiger charge is -2.33. The Hall–Kier alpha value is -1.26. The van der Waals surface area contributed by atoms with Gasteiger partial charge in [0.1, 0.15) is 0 Å². The molecule has 1 heterocycles. The molecule has 1 unspecified atom stereocenters. The van der Waals surface area contributed by atoms with Crippen LogP contribution in [0.3, 0.4) is 0 Å². The van der Waals surface area contributed by atoms with Gasteiger partial charge in [-0.2, -0.15) is 0 Å². The summed E-state index contributed by atoms with van der Waals surface area (Å²) in [6.45, 7) is 5.67. The van der Waals surface area contributed by atoms with Crippen LogP contribution >= 0.6 is 0 Å². The highest BCUT2D eigenvalue weighted by Crippen LogP contribution is 2.27. The molecule has 1 fully saturated rings. The summed E-state index contributed by atoms with van der Waals surface area (Å²) in [7, 11) is 0. The highest BCUT2D eigenvalue weighted by atomic mass is 16.5. The van der Waals surface area contributed by atoms with Gasteiger partial charge in [0.2, 0.25) is 0 Å². The monoisotopic (exact) mass is 221 g/mol. The van der Waals surface area contributed by atoms with E-state index in [-0.39, 0.29) is 0 Å². The normalized spacial score (nSPS) is 19.6. The van der Waals surface area contributed by atoms with Gasteiger partial charge in [0, 0.05) is 30.5 Å². The Labute approximate surface area is 96.2 Å². The van der Waals surface area contributed by atoms with Gasteiger partial charge in [-0.25, -0.2) is 0 Å².